The normalized spacial score (nSPS) is 14.3. The maximum Gasteiger partial charge on any atom is 0.307 e. The molecule has 31 heavy (non-hydrogen) atoms. The molecule has 0 spiro atoms. The molecule has 9 nitrogen and oxygen atoms in total. The van der Waals surface area contributed by atoms with Gasteiger partial charge in [-0.05, 0) is 40.2 Å². The Balaban J connectivity index is 1.49. The highest BCUT2D eigenvalue weighted by atomic mass is 79.9. The van der Waals surface area contributed by atoms with Crippen molar-refractivity contribution in [3.8, 4) is 0 Å². The molecule has 0 atom stereocenters. The lowest BCUT2D eigenvalue weighted by Crippen LogP contribution is -2.36. The number of hydrogen-bond acceptors (Lipinski definition) is 7. The lowest BCUT2D eigenvalue weighted by molar-refractivity contribution is -0.384. The van der Waals surface area contributed by atoms with Crippen LogP contribution in [0.25, 0.3) is 11.0 Å². The zero-order valence-corrected chi connectivity index (χ0v) is 19.2. The number of amides is 1. The maximum absolute atomic E-state index is 12.4. The van der Waals surface area contributed by atoms with Crippen molar-refractivity contribution in [1.29, 1.82) is 0 Å². The van der Waals surface area contributed by atoms with Gasteiger partial charge < -0.3 is 14.1 Å². The molecule has 160 valence electrons. The Morgan fingerprint density at radius 1 is 1.19 bits per heavy atom. The molecular formula is C20H16Br2N4O5. The first-order valence-corrected chi connectivity index (χ1v) is 10.8. The number of rotatable bonds is 5. The van der Waals surface area contributed by atoms with E-state index in [0.717, 1.165) is 9.86 Å². The van der Waals surface area contributed by atoms with Gasteiger partial charge in [0.05, 0.1) is 28.8 Å². The van der Waals surface area contributed by atoms with Crippen LogP contribution in [0.1, 0.15) is 16.1 Å². The number of benzene rings is 2. The zero-order valence-electron chi connectivity index (χ0n) is 16.0. The molecule has 1 aliphatic heterocycles. The summed E-state index contributed by atoms with van der Waals surface area (Å²) < 4.78 is 12.5. The standard InChI is InChI=1S/C20H16Br2N4O5/c21-14-8-13-9-18(31-19(13)15(22)10-14)20(27)24-23-11-12-1-2-16(17(7-12)26(28)29)25-3-5-30-6-4-25/h1-2,7-11H,3-6H2,(H,24,27)/b23-11-. The van der Waals surface area contributed by atoms with Crippen LogP contribution in [-0.2, 0) is 4.74 Å². The van der Waals surface area contributed by atoms with Crippen molar-refractivity contribution < 1.29 is 18.9 Å². The van der Waals surface area contributed by atoms with E-state index in [1.165, 1.54) is 12.3 Å². The number of furan rings is 1. The molecule has 1 N–H and O–H groups in total. The first kappa shape index (κ1) is 21.5. The number of morpholine rings is 1. The number of halogens is 2. The Labute approximate surface area is 193 Å². The van der Waals surface area contributed by atoms with E-state index in [1.807, 2.05) is 17.0 Å². The number of hydrogen-bond donors (Lipinski definition) is 1. The molecule has 1 fully saturated rings. The number of anilines is 1. The number of fused-ring (bicyclic) bond motifs is 1. The van der Waals surface area contributed by atoms with E-state index in [4.69, 9.17) is 9.15 Å². The van der Waals surface area contributed by atoms with Gasteiger partial charge in [-0.2, -0.15) is 5.10 Å². The fourth-order valence-corrected chi connectivity index (χ4v) is 4.59. The van der Waals surface area contributed by atoms with Crippen LogP contribution in [0.2, 0.25) is 0 Å². The van der Waals surface area contributed by atoms with Gasteiger partial charge in [0.1, 0.15) is 11.3 Å². The molecule has 1 aromatic heterocycles. The van der Waals surface area contributed by atoms with E-state index in [-0.39, 0.29) is 11.4 Å². The summed E-state index contributed by atoms with van der Waals surface area (Å²) in [6.07, 6.45) is 1.35. The molecule has 1 saturated heterocycles. The Morgan fingerprint density at radius 2 is 1.97 bits per heavy atom. The molecule has 11 heteroatoms. The van der Waals surface area contributed by atoms with Gasteiger partial charge in [-0.1, -0.05) is 22.0 Å². The molecular weight excluding hydrogens is 536 g/mol. The highest BCUT2D eigenvalue weighted by molar-refractivity contribution is 9.11. The Kier molecular flexibility index (Phi) is 6.35. The molecule has 0 saturated carbocycles. The van der Waals surface area contributed by atoms with Crippen molar-refractivity contribution in [2.45, 2.75) is 0 Å². The van der Waals surface area contributed by atoms with Crippen molar-refractivity contribution in [2.75, 3.05) is 31.2 Å². The van der Waals surface area contributed by atoms with Crippen LogP contribution in [0, 0.1) is 10.1 Å². The van der Waals surface area contributed by atoms with Crippen molar-refractivity contribution in [1.82, 2.24) is 5.43 Å². The van der Waals surface area contributed by atoms with Crippen molar-refractivity contribution in [2.24, 2.45) is 5.10 Å². The summed E-state index contributed by atoms with van der Waals surface area (Å²) in [4.78, 5) is 25.4. The molecule has 0 radical (unpaired) electrons. The summed E-state index contributed by atoms with van der Waals surface area (Å²) >= 11 is 6.79. The smallest absolute Gasteiger partial charge is 0.307 e. The van der Waals surface area contributed by atoms with Gasteiger partial charge in [0.2, 0.25) is 0 Å². The Morgan fingerprint density at radius 3 is 2.71 bits per heavy atom. The minimum Gasteiger partial charge on any atom is -0.450 e. The summed E-state index contributed by atoms with van der Waals surface area (Å²) in [5.74, 6) is -0.436. The number of carbonyl (C=O) groups is 1. The van der Waals surface area contributed by atoms with Crippen LogP contribution in [0.5, 0.6) is 0 Å². The summed E-state index contributed by atoms with van der Waals surface area (Å²) in [6, 6.07) is 10.1. The third-order valence-corrected chi connectivity index (χ3v) is 5.73. The molecule has 1 amide bonds. The third kappa shape index (κ3) is 4.78. The number of nitrogens with one attached hydrogen (secondary N) is 1. The largest absolute Gasteiger partial charge is 0.450 e. The number of nitrogens with zero attached hydrogens (tertiary/aromatic N) is 3. The van der Waals surface area contributed by atoms with E-state index >= 15 is 0 Å². The van der Waals surface area contributed by atoms with E-state index in [9.17, 15) is 14.9 Å². The zero-order chi connectivity index (χ0) is 22.0. The third-order valence-electron chi connectivity index (χ3n) is 4.69. The second kappa shape index (κ2) is 9.16. The van der Waals surface area contributed by atoms with Crippen molar-refractivity contribution in [3.63, 3.8) is 0 Å². The predicted molar refractivity (Wildman–Crippen MR) is 123 cm³/mol. The summed E-state index contributed by atoms with van der Waals surface area (Å²) in [5, 5.41) is 16.2. The molecule has 4 rings (SSSR count). The van der Waals surface area contributed by atoms with Gasteiger partial charge in [-0.25, -0.2) is 5.43 Å². The molecule has 1 aliphatic rings. The van der Waals surface area contributed by atoms with Crippen LogP contribution in [0.3, 0.4) is 0 Å². The van der Waals surface area contributed by atoms with Crippen LogP contribution in [0.4, 0.5) is 11.4 Å². The predicted octanol–water partition coefficient (Wildman–Crippen LogP) is 4.47. The number of nitro benzene ring substituents is 1. The van der Waals surface area contributed by atoms with E-state index < -0.39 is 10.8 Å². The average molecular weight is 552 g/mol. The number of hydrazone groups is 1. The SMILES string of the molecule is O=C(N/N=C\c1ccc(N2CCOCC2)c([N+](=O)[O-])c1)c1cc2cc(Br)cc(Br)c2o1. The minimum absolute atomic E-state index is 0.0233. The maximum atomic E-state index is 12.4. The summed E-state index contributed by atoms with van der Waals surface area (Å²) in [6.45, 7) is 2.24. The molecule has 3 aromatic rings. The minimum atomic E-state index is -0.532. The second-order valence-electron chi connectivity index (χ2n) is 6.72. The van der Waals surface area contributed by atoms with Gasteiger partial charge >= 0.3 is 5.91 Å². The Hall–Kier alpha value is -2.76. The molecule has 0 bridgehead atoms. The van der Waals surface area contributed by atoms with E-state index in [2.05, 4.69) is 42.4 Å². The second-order valence-corrected chi connectivity index (χ2v) is 8.49. The quantitative estimate of drug-likeness (QED) is 0.284. The highest BCUT2D eigenvalue weighted by Crippen LogP contribution is 2.31. The Bertz CT molecular complexity index is 1190. The summed E-state index contributed by atoms with van der Waals surface area (Å²) in [7, 11) is 0. The molecule has 0 aliphatic carbocycles. The van der Waals surface area contributed by atoms with Crippen LogP contribution in [0.15, 0.2) is 54.9 Å². The van der Waals surface area contributed by atoms with Crippen molar-refractivity contribution >= 4 is 66.3 Å². The van der Waals surface area contributed by atoms with Crippen LogP contribution < -0.4 is 10.3 Å². The fraction of sp³-hybridized carbons (Fsp3) is 0.200. The summed E-state index contributed by atoms with van der Waals surface area (Å²) in [5.41, 5.74) is 3.93. The van der Waals surface area contributed by atoms with Gasteiger partial charge in [-0.3, -0.25) is 14.9 Å². The molecule has 2 heterocycles. The topological polar surface area (TPSA) is 110 Å². The molecule has 2 aromatic carbocycles. The number of carbonyl (C=O) groups excluding carboxylic acids is 1. The average Bonchev–Trinajstić information content (AvgIpc) is 3.19. The van der Waals surface area contributed by atoms with E-state index in [1.54, 1.807) is 18.2 Å². The monoisotopic (exact) mass is 550 g/mol. The first-order valence-electron chi connectivity index (χ1n) is 9.25. The van der Waals surface area contributed by atoms with Crippen molar-refractivity contribution in [3.05, 3.63) is 66.8 Å². The van der Waals surface area contributed by atoms with Gasteiger partial charge in [0.15, 0.2) is 5.76 Å². The highest BCUT2D eigenvalue weighted by Gasteiger charge is 2.21. The lowest BCUT2D eigenvalue weighted by atomic mass is 10.1. The number of nitro groups is 1. The lowest BCUT2D eigenvalue weighted by Gasteiger charge is -2.28. The number of ether oxygens (including phenoxy) is 1. The van der Waals surface area contributed by atoms with E-state index in [0.29, 0.717) is 47.6 Å². The first-order chi connectivity index (χ1) is 14.9. The van der Waals surface area contributed by atoms with Gasteiger partial charge in [0, 0.05) is 34.6 Å². The van der Waals surface area contributed by atoms with Crippen LogP contribution >= 0.6 is 31.9 Å². The fourth-order valence-electron chi connectivity index (χ4n) is 3.25. The van der Waals surface area contributed by atoms with Crippen LogP contribution in [-0.4, -0.2) is 43.3 Å². The molecule has 0 unspecified atom stereocenters. The van der Waals surface area contributed by atoms with Gasteiger partial charge in [0.25, 0.3) is 5.69 Å². The van der Waals surface area contributed by atoms with Gasteiger partial charge in [-0.15, -0.1) is 0 Å².